The standard InChI is InChI=1S/C9H7F3N2O5/c10-9(11,12)3-1-4(6(13)8(16)17)7(15)5(2-3)14(18)19/h1-2,6,15H,13H2,(H,16,17)/t6-/m0/s1. The molecule has 0 saturated heterocycles. The Morgan fingerprint density at radius 2 is 1.95 bits per heavy atom. The van der Waals surface area contributed by atoms with E-state index in [9.17, 15) is 33.2 Å². The van der Waals surface area contributed by atoms with Crippen molar-refractivity contribution < 1.29 is 33.1 Å². The van der Waals surface area contributed by atoms with Crippen molar-refractivity contribution in [1.82, 2.24) is 0 Å². The molecule has 0 aliphatic carbocycles. The van der Waals surface area contributed by atoms with Gasteiger partial charge in [-0.05, 0) is 6.07 Å². The SMILES string of the molecule is N[C@H](C(=O)O)c1cc(C(F)(F)F)cc([N+](=O)[O-])c1O. The Bertz CT molecular complexity index is 543. The third kappa shape index (κ3) is 2.91. The van der Waals surface area contributed by atoms with Gasteiger partial charge in [0, 0.05) is 11.6 Å². The summed E-state index contributed by atoms with van der Waals surface area (Å²) in [5, 5.41) is 28.5. The Labute approximate surface area is 103 Å². The molecular weight excluding hydrogens is 273 g/mol. The topological polar surface area (TPSA) is 127 Å². The van der Waals surface area contributed by atoms with E-state index in [1.807, 2.05) is 0 Å². The highest BCUT2D eigenvalue weighted by molar-refractivity contribution is 5.77. The molecule has 1 rings (SSSR count). The van der Waals surface area contributed by atoms with Crippen LogP contribution in [0.25, 0.3) is 0 Å². The molecule has 0 aromatic heterocycles. The number of hydrogen-bond acceptors (Lipinski definition) is 5. The van der Waals surface area contributed by atoms with Gasteiger partial charge in [0.2, 0.25) is 0 Å². The van der Waals surface area contributed by atoms with Crippen LogP contribution in [0.15, 0.2) is 12.1 Å². The first-order valence-electron chi connectivity index (χ1n) is 4.62. The van der Waals surface area contributed by atoms with E-state index >= 15 is 0 Å². The smallest absolute Gasteiger partial charge is 0.416 e. The van der Waals surface area contributed by atoms with Crippen LogP contribution in [-0.4, -0.2) is 21.1 Å². The van der Waals surface area contributed by atoms with E-state index in [-0.39, 0.29) is 12.1 Å². The highest BCUT2D eigenvalue weighted by atomic mass is 19.4. The lowest BCUT2D eigenvalue weighted by molar-refractivity contribution is -0.386. The maximum atomic E-state index is 12.5. The summed E-state index contributed by atoms with van der Waals surface area (Å²) >= 11 is 0. The number of nitro benzene ring substituents is 1. The minimum absolute atomic E-state index is 0.105. The van der Waals surface area contributed by atoms with E-state index in [1.54, 1.807) is 0 Å². The zero-order chi connectivity index (χ0) is 15.0. The van der Waals surface area contributed by atoms with Gasteiger partial charge in [-0.3, -0.25) is 14.9 Å². The van der Waals surface area contributed by atoms with Gasteiger partial charge in [-0.1, -0.05) is 0 Å². The van der Waals surface area contributed by atoms with Crippen LogP contribution in [-0.2, 0) is 11.0 Å². The lowest BCUT2D eigenvalue weighted by atomic mass is 10.0. The number of aliphatic carboxylic acids is 1. The number of alkyl halides is 3. The number of halogens is 3. The molecule has 1 atom stereocenters. The fraction of sp³-hybridized carbons (Fsp3) is 0.222. The van der Waals surface area contributed by atoms with Crippen LogP contribution in [0.2, 0.25) is 0 Å². The van der Waals surface area contributed by atoms with Gasteiger partial charge in [0.25, 0.3) is 0 Å². The number of phenols is 1. The number of rotatable bonds is 3. The summed E-state index contributed by atoms with van der Waals surface area (Å²) in [6.45, 7) is 0. The summed E-state index contributed by atoms with van der Waals surface area (Å²) in [6, 6.07) is -1.64. The molecule has 0 heterocycles. The molecule has 0 spiro atoms. The fourth-order valence-corrected chi connectivity index (χ4v) is 1.31. The van der Waals surface area contributed by atoms with E-state index in [0.29, 0.717) is 0 Å². The molecule has 0 aliphatic rings. The number of nitrogens with two attached hydrogens (primary N) is 1. The molecule has 1 aromatic carbocycles. The quantitative estimate of drug-likeness (QED) is 0.567. The molecule has 0 fully saturated rings. The Balaban J connectivity index is 3.58. The summed E-state index contributed by atoms with van der Waals surface area (Å²) < 4.78 is 37.5. The van der Waals surface area contributed by atoms with Crippen LogP contribution >= 0.6 is 0 Å². The molecule has 0 radical (unpaired) electrons. The highest BCUT2D eigenvalue weighted by Crippen LogP contribution is 2.40. The van der Waals surface area contributed by atoms with Crippen LogP contribution in [0.4, 0.5) is 18.9 Å². The van der Waals surface area contributed by atoms with Crippen molar-refractivity contribution in [3.8, 4) is 5.75 Å². The van der Waals surface area contributed by atoms with Crippen molar-refractivity contribution in [2.75, 3.05) is 0 Å². The summed E-state index contributed by atoms with van der Waals surface area (Å²) in [6.07, 6.45) is -4.94. The predicted octanol–water partition coefficient (Wildman–Crippen LogP) is 1.40. The Kier molecular flexibility index (Phi) is 3.65. The zero-order valence-corrected chi connectivity index (χ0v) is 9.01. The van der Waals surface area contributed by atoms with Crippen LogP contribution in [0, 0.1) is 10.1 Å². The molecule has 4 N–H and O–H groups in total. The molecule has 0 aliphatic heterocycles. The number of nitrogens with zero attached hydrogens (tertiary/aromatic N) is 1. The fourth-order valence-electron chi connectivity index (χ4n) is 1.31. The molecule has 0 bridgehead atoms. The summed E-state index contributed by atoms with van der Waals surface area (Å²) in [7, 11) is 0. The molecule has 0 saturated carbocycles. The van der Waals surface area contributed by atoms with Crippen molar-refractivity contribution in [3.05, 3.63) is 33.4 Å². The average molecular weight is 280 g/mol. The van der Waals surface area contributed by atoms with Crippen LogP contribution in [0.3, 0.4) is 0 Å². The van der Waals surface area contributed by atoms with Gasteiger partial charge in [0.05, 0.1) is 10.5 Å². The second kappa shape index (κ2) is 4.72. The number of aromatic hydroxyl groups is 1. The molecule has 7 nitrogen and oxygen atoms in total. The number of phenolic OH excluding ortho intramolecular Hbond substituents is 1. The van der Waals surface area contributed by atoms with E-state index in [0.717, 1.165) is 0 Å². The van der Waals surface area contributed by atoms with Crippen molar-refractivity contribution in [2.45, 2.75) is 12.2 Å². The van der Waals surface area contributed by atoms with E-state index in [4.69, 9.17) is 10.8 Å². The molecule has 1 aromatic rings. The maximum Gasteiger partial charge on any atom is 0.416 e. The van der Waals surface area contributed by atoms with Crippen molar-refractivity contribution in [2.24, 2.45) is 5.73 Å². The van der Waals surface area contributed by atoms with Gasteiger partial charge in [0.1, 0.15) is 6.04 Å². The number of carbonyl (C=O) groups is 1. The second-order valence-corrected chi connectivity index (χ2v) is 3.50. The summed E-state index contributed by atoms with van der Waals surface area (Å²) in [5.74, 6) is -2.93. The number of carboxylic acid groups (broad SMARTS) is 1. The molecule has 19 heavy (non-hydrogen) atoms. The van der Waals surface area contributed by atoms with Gasteiger partial charge in [0.15, 0.2) is 5.75 Å². The lowest BCUT2D eigenvalue weighted by Crippen LogP contribution is -2.22. The Morgan fingerprint density at radius 3 is 2.32 bits per heavy atom. The van der Waals surface area contributed by atoms with E-state index < -0.39 is 45.7 Å². The molecule has 0 unspecified atom stereocenters. The minimum Gasteiger partial charge on any atom is -0.502 e. The van der Waals surface area contributed by atoms with Gasteiger partial charge in [-0.2, -0.15) is 13.2 Å². The summed E-state index contributed by atoms with van der Waals surface area (Å²) in [4.78, 5) is 19.9. The first-order chi connectivity index (χ1) is 8.55. The number of nitro groups is 1. The number of hydrogen-bond donors (Lipinski definition) is 3. The van der Waals surface area contributed by atoms with Crippen molar-refractivity contribution >= 4 is 11.7 Å². The summed E-state index contributed by atoms with van der Waals surface area (Å²) in [5.41, 5.74) is 1.46. The number of benzene rings is 1. The molecule has 0 amide bonds. The monoisotopic (exact) mass is 280 g/mol. The maximum absolute atomic E-state index is 12.5. The van der Waals surface area contributed by atoms with Gasteiger partial charge in [-0.25, -0.2) is 0 Å². The van der Waals surface area contributed by atoms with Gasteiger partial charge in [-0.15, -0.1) is 0 Å². The molecular formula is C9H7F3N2O5. The van der Waals surface area contributed by atoms with Crippen LogP contribution in [0.1, 0.15) is 17.2 Å². The highest BCUT2D eigenvalue weighted by Gasteiger charge is 2.36. The predicted molar refractivity (Wildman–Crippen MR) is 54.3 cm³/mol. The molecule has 10 heteroatoms. The Morgan fingerprint density at radius 1 is 1.42 bits per heavy atom. The third-order valence-electron chi connectivity index (χ3n) is 2.24. The van der Waals surface area contributed by atoms with E-state index in [2.05, 4.69) is 0 Å². The first kappa shape index (κ1) is 14.7. The van der Waals surface area contributed by atoms with Crippen molar-refractivity contribution in [1.29, 1.82) is 0 Å². The second-order valence-electron chi connectivity index (χ2n) is 3.50. The van der Waals surface area contributed by atoms with Crippen LogP contribution < -0.4 is 5.73 Å². The molecule has 104 valence electrons. The Hall–Kier alpha value is -2.36. The normalized spacial score (nSPS) is 13.1. The van der Waals surface area contributed by atoms with Gasteiger partial charge >= 0.3 is 17.8 Å². The lowest BCUT2D eigenvalue weighted by Gasteiger charge is -2.13. The minimum atomic E-state index is -4.94. The van der Waals surface area contributed by atoms with Gasteiger partial charge < -0.3 is 15.9 Å². The largest absolute Gasteiger partial charge is 0.502 e. The zero-order valence-electron chi connectivity index (χ0n) is 9.01. The van der Waals surface area contributed by atoms with Crippen LogP contribution in [0.5, 0.6) is 5.75 Å². The van der Waals surface area contributed by atoms with E-state index in [1.165, 1.54) is 0 Å². The van der Waals surface area contributed by atoms with Crippen molar-refractivity contribution in [3.63, 3.8) is 0 Å². The average Bonchev–Trinajstić information content (AvgIpc) is 2.26. The third-order valence-corrected chi connectivity index (χ3v) is 2.24. The number of carboxylic acids is 1. The first-order valence-corrected chi connectivity index (χ1v) is 4.62.